The summed E-state index contributed by atoms with van der Waals surface area (Å²) in [7, 11) is 0. The highest BCUT2D eigenvalue weighted by Crippen LogP contribution is 2.27. The van der Waals surface area contributed by atoms with Crippen molar-refractivity contribution in [3.8, 4) is 16.4 Å². The third kappa shape index (κ3) is 4.34. The van der Waals surface area contributed by atoms with Gasteiger partial charge in [0, 0.05) is 18.6 Å². The molecule has 0 aliphatic carbocycles. The van der Waals surface area contributed by atoms with Crippen LogP contribution in [-0.2, 0) is 0 Å². The molecule has 1 aliphatic rings. The van der Waals surface area contributed by atoms with E-state index in [0.717, 1.165) is 24.1 Å². The lowest BCUT2D eigenvalue weighted by atomic mass is 9.97. The van der Waals surface area contributed by atoms with Gasteiger partial charge < -0.3 is 10.6 Å². The summed E-state index contributed by atoms with van der Waals surface area (Å²) in [6.07, 6.45) is 2.90. The first-order valence-electron chi connectivity index (χ1n) is 9.38. The number of aromatic nitrogens is 3. The Hall–Kier alpha value is -2.29. The van der Waals surface area contributed by atoms with Crippen LogP contribution >= 0.6 is 23.7 Å². The second-order valence-corrected chi connectivity index (χ2v) is 7.99. The Morgan fingerprint density at radius 3 is 2.69 bits per heavy atom. The van der Waals surface area contributed by atoms with Crippen molar-refractivity contribution in [2.24, 2.45) is 5.73 Å². The molecule has 1 aromatic carbocycles. The summed E-state index contributed by atoms with van der Waals surface area (Å²) in [6, 6.07) is 9.71. The number of rotatable bonds is 4. The number of likely N-dealkylation sites (tertiary alicyclic amines) is 1. The summed E-state index contributed by atoms with van der Waals surface area (Å²) in [4.78, 5) is 20.5. The van der Waals surface area contributed by atoms with Gasteiger partial charge in [-0.15, -0.1) is 28.8 Å². The second kappa shape index (κ2) is 9.02. The Labute approximate surface area is 179 Å². The number of hydrogen-bond acceptors (Lipinski definition) is 5. The first-order chi connectivity index (χ1) is 13.5. The lowest BCUT2D eigenvalue weighted by Crippen LogP contribution is -2.51. The van der Waals surface area contributed by atoms with Gasteiger partial charge in [-0.25, -0.2) is 14.1 Å². The molecule has 0 spiro atoms. The molecule has 2 atom stereocenters. The molecule has 4 rings (SSSR count). The SMILES string of the molecule is CC(N)C1CCCCN1C(=O)c1nc(-c2cccs2)n(-c2ccc(F)cc2)n1.Cl. The van der Waals surface area contributed by atoms with Gasteiger partial charge in [-0.1, -0.05) is 6.07 Å². The maximum absolute atomic E-state index is 13.4. The standard InChI is InChI=1S/C20H22FN5OS.ClH/c1-13(22)16-5-2-3-11-25(16)20(27)18-23-19(17-6-4-12-28-17)26(24-18)15-9-7-14(21)8-10-15;/h4,6-10,12-13,16H,2-3,5,11,22H2,1H3;1H. The molecule has 1 aliphatic heterocycles. The zero-order chi connectivity index (χ0) is 19.7. The first kappa shape index (κ1) is 21.4. The molecule has 29 heavy (non-hydrogen) atoms. The van der Waals surface area contributed by atoms with Crippen molar-refractivity contribution in [3.63, 3.8) is 0 Å². The van der Waals surface area contributed by atoms with Crippen molar-refractivity contribution < 1.29 is 9.18 Å². The molecule has 2 aromatic heterocycles. The summed E-state index contributed by atoms with van der Waals surface area (Å²) in [5.41, 5.74) is 6.77. The quantitative estimate of drug-likeness (QED) is 0.674. The number of amides is 1. The number of carbonyl (C=O) groups excluding carboxylic acids is 1. The van der Waals surface area contributed by atoms with Gasteiger partial charge in [-0.05, 0) is 61.9 Å². The van der Waals surface area contributed by atoms with Crippen LogP contribution in [0.25, 0.3) is 16.4 Å². The van der Waals surface area contributed by atoms with E-state index in [1.54, 1.807) is 21.7 Å². The number of piperidine rings is 1. The lowest BCUT2D eigenvalue weighted by Gasteiger charge is -2.37. The van der Waals surface area contributed by atoms with E-state index in [0.29, 0.717) is 18.1 Å². The molecule has 3 heterocycles. The van der Waals surface area contributed by atoms with Crippen LogP contribution in [0.15, 0.2) is 41.8 Å². The summed E-state index contributed by atoms with van der Waals surface area (Å²) in [6.45, 7) is 2.59. The fourth-order valence-corrected chi connectivity index (χ4v) is 4.31. The van der Waals surface area contributed by atoms with E-state index in [1.165, 1.54) is 23.5 Å². The third-order valence-corrected chi connectivity index (χ3v) is 5.89. The Morgan fingerprint density at radius 2 is 2.03 bits per heavy atom. The van der Waals surface area contributed by atoms with Gasteiger partial charge >= 0.3 is 0 Å². The summed E-state index contributed by atoms with van der Waals surface area (Å²) in [5, 5.41) is 6.43. The predicted octanol–water partition coefficient (Wildman–Crippen LogP) is 3.90. The van der Waals surface area contributed by atoms with Gasteiger partial charge in [0.2, 0.25) is 5.82 Å². The largest absolute Gasteiger partial charge is 0.331 e. The molecule has 1 fully saturated rings. The topological polar surface area (TPSA) is 77.0 Å². The van der Waals surface area contributed by atoms with E-state index < -0.39 is 0 Å². The molecule has 9 heteroatoms. The van der Waals surface area contributed by atoms with Crippen molar-refractivity contribution in [1.29, 1.82) is 0 Å². The molecule has 0 bridgehead atoms. The summed E-state index contributed by atoms with van der Waals surface area (Å²) in [5.74, 6) is 0.172. The van der Waals surface area contributed by atoms with Crippen molar-refractivity contribution in [2.75, 3.05) is 6.54 Å². The minimum Gasteiger partial charge on any atom is -0.331 e. The number of thiophene rings is 1. The molecule has 0 radical (unpaired) electrons. The van der Waals surface area contributed by atoms with Crippen LogP contribution < -0.4 is 5.73 Å². The fraction of sp³-hybridized carbons (Fsp3) is 0.350. The Morgan fingerprint density at radius 1 is 1.28 bits per heavy atom. The van der Waals surface area contributed by atoms with Crippen molar-refractivity contribution in [1.82, 2.24) is 19.7 Å². The highest BCUT2D eigenvalue weighted by Gasteiger charge is 2.32. The number of halogens is 2. The van der Waals surface area contributed by atoms with E-state index >= 15 is 0 Å². The van der Waals surface area contributed by atoms with E-state index in [9.17, 15) is 9.18 Å². The third-order valence-electron chi connectivity index (χ3n) is 5.03. The molecular formula is C20H23ClFN5OS. The molecule has 1 saturated heterocycles. The van der Waals surface area contributed by atoms with Crippen LogP contribution in [0, 0.1) is 5.82 Å². The smallest absolute Gasteiger partial charge is 0.293 e. The van der Waals surface area contributed by atoms with Crippen LogP contribution in [-0.4, -0.2) is 44.2 Å². The number of carbonyl (C=O) groups is 1. The molecule has 0 saturated carbocycles. The van der Waals surface area contributed by atoms with Crippen LogP contribution in [0.4, 0.5) is 4.39 Å². The molecule has 2 unspecified atom stereocenters. The summed E-state index contributed by atoms with van der Waals surface area (Å²) >= 11 is 1.51. The minimum atomic E-state index is -0.328. The normalized spacial score (nSPS) is 17.6. The molecule has 154 valence electrons. The van der Waals surface area contributed by atoms with Gasteiger partial charge in [-0.2, -0.15) is 0 Å². The monoisotopic (exact) mass is 435 g/mol. The van der Waals surface area contributed by atoms with Gasteiger partial charge in [0.15, 0.2) is 5.82 Å². The maximum Gasteiger partial charge on any atom is 0.293 e. The van der Waals surface area contributed by atoms with E-state index in [4.69, 9.17) is 5.73 Å². The number of hydrogen-bond donors (Lipinski definition) is 1. The first-order valence-corrected chi connectivity index (χ1v) is 10.3. The van der Waals surface area contributed by atoms with Crippen LogP contribution in [0.1, 0.15) is 36.8 Å². The average molecular weight is 436 g/mol. The Kier molecular flexibility index (Phi) is 6.66. The van der Waals surface area contributed by atoms with E-state index in [2.05, 4.69) is 10.1 Å². The lowest BCUT2D eigenvalue weighted by molar-refractivity contribution is 0.0571. The minimum absolute atomic E-state index is 0. The zero-order valence-corrected chi connectivity index (χ0v) is 17.6. The second-order valence-electron chi connectivity index (χ2n) is 7.05. The van der Waals surface area contributed by atoms with E-state index in [1.807, 2.05) is 24.4 Å². The highest BCUT2D eigenvalue weighted by atomic mass is 35.5. The number of nitrogens with zero attached hydrogens (tertiary/aromatic N) is 4. The van der Waals surface area contributed by atoms with Gasteiger partial charge in [0.05, 0.1) is 10.6 Å². The molecule has 2 N–H and O–H groups in total. The van der Waals surface area contributed by atoms with Crippen molar-refractivity contribution in [3.05, 3.63) is 53.4 Å². The van der Waals surface area contributed by atoms with Gasteiger partial charge in [0.25, 0.3) is 5.91 Å². The summed E-state index contributed by atoms with van der Waals surface area (Å²) < 4.78 is 15.0. The van der Waals surface area contributed by atoms with Crippen molar-refractivity contribution >= 4 is 29.7 Å². The molecule has 6 nitrogen and oxygen atoms in total. The molecule has 3 aromatic rings. The van der Waals surface area contributed by atoms with Gasteiger partial charge in [-0.3, -0.25) is 4.79 Å². The average Bonchev–Trinajstić information content (AvgIpc) is 3.37. The van der Waals surface area contributed by atoms with Crippen LogP contribution in [0.5, 0.6) is 0 Å². The van der Waals surface area contributed by atoms with Crippen LogP contribution in [0.3, 0.4) is 0 Å². The number of benzene rings is 1. The molecule has 1 amide bonds. The Balaban J connectivity index is 0.00000240. The maximum atomic E-state index is 13.4. The fourth-order valence-electron chi connectivity index (χ4n) is 3.61. The van der Waals surface area contributed by atoms with Gasteiger partial charge in [0.1, 0.15) is 5.82 Å². The van der Waals surface area contributed by atoms with Crippen molar-refractivity contribution in [2.45, 2.75) is 38.3 Å². The predicted molar refractivity (Wildman–Crippen MR) is 114 cm³/mol. The zero-order valence-electron chi connectivity index (χ0n) is 16.0. The van der Waals surface area contributed by atoms with E-state index in [-0.39, 0.29) is 42.0 Å². The Bertz CT molecular complexity index is 958. The number of nitrogens with two attached hydrogens (primary N) is 1. The molecular weight excluding hydrogens is 413 g/mol. The van der Waals surface area contributed by atoms with Crippen LogP contribution in [0.2, 0.25) is 0 Å². The highest BCUT2D eigenvalue weighted by molar-refractivity contribution is 7.13.